The van der Waals surface area contributed by atoms with Gasteiger partial charge in [-0.2, -0.15) is 4.98 Å². The van der Waals surface area contributed by atoms with Crippen molar-refractivity contribution in [3.63, 3.8) is 0 Å². The number of hydrogen-bond acceptors (Lipinski definition) is 3. The number of nitrogens with zero attached hydrogens (tertiary/aromatic N) is 3. The number of rotatable bonds is 5. The Hall–Kier alpha value is -3.41. The molecule has 1 N–H and O–H groups in total. The molecule has 1 unspecified atom stereocenters. The number of hydrogen-bond donors (Lipinski definition) is 1. The average Bonchev–Trinajstić information content (AvgIpc) is 3.03. The Balaban J connectivity index is 1.86. The molecule has 4 rings (SSSR count). The summed E-state index contributed by atoms with van der Waals surface area (Å²) >= 11 is 0. The van der Waals surface area contributed by atoms with E-state index in [4.69, 9.17) is 0 Å². The second kappa shape index (κ2) is 7.54. The smallest absolute Gasteiger partial charge is 0.273 e. The van der Waals surface area contributed by atoms with Crippen molar-refractivity contribution in [3.8, 4) is 0 Å². The third kappa shape index (κ3) is 3.31. The summed E-state index contributed by atoms with van der Waals surface area (Å²) < 4.78 is 3.83. The van der Waals surface area contributed by atoms with E-state index in [1.807, 2.05) is 71.6 Å². The van der Waals surface area contributed by atoms with E-state index in [-0.39, 0.29) is 11.5 Å². The van der Waals surface area contributed by atoms with Crippen molar-refractivity contribution in [1.29, 1.82) is 0 Å². The van der Waals surface area contributed by atoms with Crippen LogP contribution in [0, 0.1) is 6.92 Å². The molecule has 0 aliphatic heterocycles. The lowest BCUT2D eigenvalue weighted by Gasteiger charge is -2.20. The zero-order valence-electron chi connectivity index (χ0n) is 16.8. The second-order valence-corrected chi connectivity index (χ2v) is 7.20. The Morgan fingerprint density at radius 3 is 2.66 bits per heavy atom. The number of fused-ring (bicyclic) bond motifs is 3. The van der Waals surface area contributed by atoms with Crippen molar-refractivity contribution < 1.29 is 4.79 Å². The van der Waals surface area contributed by atoms with E-state index in [9.17, 15) is 9.59 Å². The topological polar surface area (TPSA) is 68.4 Å². The van der Waals surface area contributed by atoms with E-state index in [0.717, 1.165) is 28.7 Å². The number of aromatic nitrogens is 3. The molecule has 0 spiro atoms. The van der Waals surface area contributed by atoms with Gasteiger partial charge in [0.15, 0.2) is 5.65 Å². The molecular weight excluding hydrogens is 364 g/mol. The monoisotopic (exact) mass is 388 g/mol. The lowest BCUT2D eigenvalue weighted by molar-refractivity contribution is -0.119. The van der Waals surface area contributed by atoms with E-state index in [1.54, 1.807) is 0 Å². The maximum atomic E-state index is 13.3. The van der Waals surface area contributed by atoms with Crippen LogP contribution in [0.15, 0.2) is 59.4 Å². The molecule has 6 nitrogen and oxygen atoms in total. The van der Waals surface area contributed by atoms with Gasteiger partial charge < -0.3 is 5.32 Å². The summed E-state index contributed by atoms with van der Waals surface area (Å²) in [6.45, 7) is 5.93. The molecule has 4 aromatic rings. The van der Waals surface area contributed by atoms with Crippen molar-refractivity contribution in [3.05, 3.63) is 76.2 Å². The van der Waals surface area contributed by atoms with Crippen LogP contribution >= 0.6 is 0 Å². The summed E-state index contributed by atoms with van der Waals surface area (Å²) in [5, 5.41) is 3.92. The van der Waals surface area contributed by atoms with Crippen LogP contribution < -0.4 is 10.9 Å². The van der Waals surface area contributed by atoms with Crippen LogP contribution in [-0.2, 0) is 11.2 Å². The van der Waals surface area contributed by atoms with E-state index < -0.39 is 6.04 Å². The summed E-state index contributed by atoms with van der Waals surface area (Å²) in [5.41, 5.74) is 3.87. The largest absolute Gasteiger partial charge is 0.324 e. The molecule has 2 heterocycles. The molecule has 0 aliphatic carbocycles. The molecule has 0 saturated heterocycles. The quantitative estimate of drug-likeness (QED) is 0.559. The first kappa shape index (κ1) is 18.9. The second-order valence-electron chi connectivity index (χ2n) is 7.20. The van der Waals surface area contributed by atoms with Crippen LogP contribution in [0.1, 0.15) is 37.6 Å². The van der Waals surface area contributed by atoms with E-state index in [0.29, 0.717) is 12.1 Å². The molecule has 1 amide bonds. The van der Waals surface area contributed by atoms with E-state index in [1.165, 1.54) is 11.6 Å². The fourth-order valence-electron chi connectivity index (χ4n) is 3.88. The first-order chi connectivity index (χ1) is 14.0. The summed E-state index contributed by atoms with van der Waals surface area (Å²) in [6, 6.07) is 16.7. The molecule has 0 fully saturated rings. The highest BCUT2D eigenvalue weighted by molar-refractivity contribution is 5.97. The van der Waals surface area contributed by atoms with E-state index >= 15 is 0 Å². The standard InChI is InChI=1S/C23H24N4O2/c1-4-16-9-8-10-17(14-16)24-23(29)19(5-2)27-20-12-7-6-11-18(20)22-25-21(28)13-15(3)26(22)27/h6-14,19H,4-5H2,1-3H3,(H,24,29). The average molecular weight is 388 g/mol. The molecule has 0 aliphatic rings. The third-order valence-electron chi connectivity index (χ3n) is 5.28. The summed E-state index contributed by atoms with van der Waals surface area (Å²) in [4.78, 5) is 29.5. The van der Waals surface area contributed by atoms with Gasteiger partial charge in [-0.25, -0.2) is 4.52 Å². The van der Waals surface area contributed by atoms with Crippen LogP contribution in [0.3, 0.4) is 0 Å². The minimum Gasteiger partial charge on any atom is -0.324 e. The summed E-state index contributed by atoms with van der Waals surface area (Å²) in [6.07, 6.45) is 1.50. The molecular formula is C23H24N4O2. The number of nitrogens with one attached hydrogen (secondary N) is 1. The zero-order valence-corrected chi connectivity index (χ0v) is 16.8. The lowest BCUT2D eigenvalue weighted by Crippen LogP contribution is -2.29. The van der Waals surface area contributed by atoms with Crippen LogP contribution in [0.5, 0.6) is 0 Å². The Morgan fingerprint density at radius 2 is 1.90 bits per heavy atom. The Kier molecular flexibility index (Phi) is 4.92. The number of amides is 1. The fourth-order valence-corrected chi connectivity index (χ4v) is 3.88. The highest BCUT2D eigenvalue weighted by atomic mass is 16.2. The highest BCUT2D eigenvalue weighted by Crippen LogP contribution is 2.27. The van der Waals surface area contributed by atoms with Crippen molar-refractivity contribution >= 4 is 28.1 Å². The molecule has 6 heteroatoms. The fraction of sp³-hybridized carbons (Fsp3) is 0.261. The van der Waals surface area contributed by atoms with Crippen molar-refractivity contribution in [2.24, 2.45) is 0 Å². The Morgan fingerprint density at radius 1 is 1.10 bits per heavy atom. The molecule has 1 atom stereocenters. The van der Waals surface area contributed by atoms with Gasteiger partial charge in [0.05, 0.1) is 5.52 Å². The van der Waals surface area contributed by atoms with Gasteiger partial charge in [-0.3, -0.25) is 14.3 Å². The number of anilines is 1. The van der Waals surface area contributed by atoms with Gasteiger partial charge >= 0.3 is 0 Å². The van der Waals surface area contributed by atoms with Crippen molar-refractivity contribution in [2.75, 3.05) is 5.32 Å². The van der Waals surface area contributed by atoms with Gasteiger partial charge in [0, 0.05) is 22.8 Å². The minimum atomic E-state index is -0.453. The molecule has 148 valence electrons. The zero-order chi connectivity index (χ0) is 20.5. The van der Waals surface area contributed by atoms with Crippen LogP contribution in [0.2, 0.25) is 0 Å². The maximum absolute atomic E-state index is 13.3. The lowest BCUT2D eigenvalue weighted by atomic mass is 10.1. The molecule has 2 aromatic heterocycles. The predicted molar refractivity (Wildman–Crippen MR) is 115 cm³/mol. The normalized spacial score (nSPS) is 12.4. The molecule has 29 heavy (non-hydrogen) atoms. The van der Waals surface area contributed by atoms with Gasteiger partial charge in [-0.15, -0.1) is 0 Å². The SMILES string of the molecule is CCc1cccc(NC(=O)C(CC)n2c3ccccc3c3nc(=O)cc(C)n32)c1. The van der Waals surface area contributed by atoms with Crippen LogP contribution in [-0.4, -0.2) is 20.1 Å². The Bertz CT molecular complexity index is 1270. The number of carbonyl (C=O) groups excluding carboxylic acids is 1. The van der Waals surface area contributed by atoms with Crippen LogP contribution in [0.4, 0.5) is 5.69 Å². The van der Waals surface area contributed by atoms with Gasteiger partial charge in [-0.1, -0.05) is 38.1 Å². The molecule has 0 saturated carbocycles. The van der Waals surface area contributed by atoms with Gasteiger partial charge in [0.1, 0.15) is 6.04 Å². The number of para-hydroxylation sites is 1. The predicted octanol–water partition coefficient (Wildman–Crippen LogP) is 4.11. The number of carbonyl (C=O) groups is 1. The maximum Gasteiger partial charge on any atom is 0.273 e. The van der Waals surface area contributed by atoms with Gasteiger partial charge in [0.2, 0.25) is 5.91 Å². The van der Waals surface area contributed by atoms with Crippen molar-refractivity contribution in [2.45, 2.75) is 39.7 Å². The van der Waals surface area contributed by atoms with E-state index in [2.05, 4.69) is 17.2 Å². The van der Waals surface area contributed by atoms with Crippen molar-refractivity contribution in [1.82, 2.24) is 14.2 Å². The molecule has 0 bridgehead atoms. The Labute approximate surface area is 168 Å². The molecule has 2 aromatic carbocycles. The minimum absolute atomic E-state index is 0.0958. The first-order valence-corrected chi connectivity index (χ1v) is 9.93. The summed E-state index contributed by atoms with van der Waals surface area (Å²) in [7, 11) is 0. The van der Waals surface area contributed by atoms with Gasteiger partial charge in [0.25, 0.3) is 5.56 Å². The number of aryl methyl sites for hydroxylation is 2. The summed E-state index contributed by atoms with van der Waals surface area (Å²) in [5.74, 6) is -0.0958. The van der Waals surface area contributed by atoms with Gasteiger partial charge in [-0.05, 0) is 49.6 Å². The first-order valence-electron chi connectivity index (χ1n) is 9.93. The molecule has 0 radical (unpaired) electrons. The van der Waals surface area contributed by atoms with Crippen LogP contribution in [0.25, 0.3) is 16.6 Å². The highest BCUT2D eigenvalue weighted by Gasteiger charge is 2.25. The number of benzene rings is 2. The third-order valence-corrected chi connectivity index (χ3v) is 5.28.